The van der Waals surface area contributed by atoms with Gasteiger partial charge < -0.3 is 18.9 Å². The Labute approximate surface area is 264 Å². The molecule has 0 aliphatic carbocycles. The molecule has 2 unspecified atom stereocenters. The van der Waals surface area contributed by atoms with E-state index in [1.165, 1.54) is 140 Å². The second-order valence-corrected chi connectivity index (χ2v) is 16.0. The van der Waals surface area contributed by atoms with Crippen LogP contribution in [0.4, 0.5) is 0 Å². The van der Waals surface area contributed by atoms with Gasteiger partial charge in [0.1, 0.15) is 0 Å². The summed E-state index contributed by atoms with van der Waals surface area (Å²) < 4.78 is 24.9. The molecule has 2 rings (SSSR count). The van der Waals surface area contributed by atoms with Gasteiger partial charge in [0.05, 0.1) is 42.3 Å². The summed E-state index contributed by atoms with van der Waals surface area (Å²) in [6.07, 6.45) is 27.6. The van der Waals surface area contributed by atoms with Crippen molar-refractivity contribution in [2.45, 2.75) is 179 Å². The summed E-state index contributed by atoms with van der Waals surface area (Å²) in [5.41, 5.74) is -0.144. The average molecular weight is 617 g/mol. The molecule has 4 nitrogen and oxygen atoms in total. The van der Waals surface area contributed by atoms with Crippen LogP contribution in [0, 0.1) is 5.41 Å². The summed E-state index contributed by atoms with van der Waals surface area (Å²) in [4.78, 5) is 0. The zero-order chi connectivity index (χ0) is 29.4. The molecular formula is C35H68O4S2. The first kappa shape index (κ1) is 37.7. The highest BCUT2D eigenvalue weighted by molar-refractivity contribution is 8.00. The maximum atomic E-state index is 6.21. The molecule has 2 saturated heterocycles. The standard InChI is InChI=1S/C35H68O4S2/c1-5-7-9-11-13-15-17-19-21-23-25-40-31(3)33-36-27-35(28-37-33)29-38-34(39-30-35)32(4)41-26-24-22-20-18-16-14-12-10-8-6-2/h31-34H,5-30H2,1-4H3. The molecular weight excluding hydrogens is 549 g/mol. The molecule has 0 radical (unpaired) electrons. The number of hydrogen-bond donors (Lipinski definition) is 0. The zero-order valence-corrected chi connectivity index (χ0v) is 29.3. The predicted molar refractivity (Wildman–Crippen MR) is 181 cm³/mol. The average Bonchev–Trinajstić information content (AvgIpc) is 2.99. The number of unbranched alkanes of at least 4 members (excludes halogenated alkanes) is 18. The minimum atomic E-state index is -0.144. The molecule has 0 saturated carbocycles. The lowest BCUT2D eigenvalue weighted by atomic mass is 9.90. The van der Waals surface area contributed by atoms with Gasteiger partial charge in [-0.2, -0.15) is 23.5 Å². The van der Waals surface area contributed by atoms with Gasteiger partial charge in [-0.3, -0.25) is 0 Å². The molecule has 0 aromatic rings. The van der Waals surface area contributed by atoms with Crippen LogP contribution in [0.2, 0.25) is 0 Å². The van der Waals surface area contributed by atoms with E-state index in [4.69, 9.17) is 18.9 Å². The lowest BCUT2D eigenvalue weighted by Crippen LogP contribution is -2.54. The van der Waals surface area contributed by atoms with Crippen LogP contribution in [0.15, 0.2) is 0 Å². The predicted octanol–water partition coefficient (Wildman–Crippen LogP) is 10.8. The summed E-state index contributed by atoms with van der Waals surface area (Å²) in [5, 5.41) is 0.734. The first-order valence-corrected chi connectivity index (χ1v) is 19.9. The molecule has 0 N–H and O–H groups in total. The second-order valence-electron chi connectivity index (χ2n) is 13.0. The van der Waals surface area contributed by atoms with E-state index >= 15 is 0 Å². The van der Waals surface area contributed by atoms with Gasteiger partial charge in [-0.25, -0.2) is 0 Å². The molecule has 6 heteroatoms. The number of thioether (sulfide) groups is 2. The summed E-state index contributed by atoms with van der Waals surface area (Å²) in [6, 6.07) is 0. The third-order valence-electron chi connectivity index (χ3n) is 8.74. The molecule has 0 aromatic carbocycles. The Kier molecular flexibility index (Phi) is 22.8. The number of ether oxygens (including phenoxy) is 4. The summed E-state index contributed by atoms with van der Waals surface area (Å²) in [5.74, 6) is 2.41. The molecule has 0 aromatic heterocycles. The third-order valence-corrected chi connectivity index (χ3v) is 11.3. The fourth-order valence-electron chi connectivity index (χ4n) is 5.80. The smallest absolute Gasteiger partial charge is 0.169 e. The first-order valence-electron chi connectivity index (χ1n) is 17.8. The molecule has 2 aliphatic rings. The Morgan fingerprint density at radius 2 is 0.732 bits per heavy atom. The van der Waals surface area contributed by atoms with Crippen LogP contribution in [0.1, 0.15) is 156 Å². The van der Waals surface area contributed by atoms with Crippen molar-refractivity contribution in [2.75, 3.05) is 37.9 Å². The van der Waals surface area contributed by atoms with Crippen molar-refractivity contribution in [1.82, 2.24) is 0 Å². The van der Waals surface area contributed by atoms with E-state index in [0.29, 0.717) is 36.9 Å². The van der Waals surface area contributed by atoms with Crippen LogP contribution in [0.3, 0.4) is 0 Å². The van der Waals surface area contributed by atoms with E-state index in [1.807, 2.05) is 23.5 Å². The molecule has 2 aliphatic heterocycles. The van der Waals surface area contributed by atoms with Crippen molar-refractivity contribution >= 4 is 23.5 Å². The highest BCUT2D eigenvalue weighted by atomic mass is 32.2. The summed E-state index contributed by atoms with van der Waals surface area (Å²) in [6.45, 7) is 11.8. The second kappa shape index (κ2) is 24.8. The number of rotatable bonds is 26. The Morgan fingerprint density at radius 1 is 0.463 bits per heavy atom. The Morgan fingerprint density at radius 3 is 1.02 bits per heavy atom. The van der Waals surface area contributed by atoms with E-state index < -0.39 is 0 Å². The topological polar surface area (TPSA) is 36.9 Å². The largest absolute Gasteiger partial charge is 0.351 e. The monoisotopic (exact) mass is 616 g/mol. The van der Waals surface area contributed by atoms with Gasteiger partial charge in [-0.05, 0) is 38.2 Å². The lowest BCUT2D eigenvalue weighted by molar-refractivity contribution is -0.300. The zero-order valence-electron chi connectivity index (χ0n) is 27.6. The normalized spacial score (nSPS) is 24.6. The quantitative estimate of drug-likeness (QED) is 0.0900. The van der Waals surface area contributed by atoms with Crippen molar-refractivity contribution in [3.05, 3.63) is 0 Å². The van der Waals surface area contributed by atoms with E-state index in [-0.39, 0.29) is 18.0 Å². The molecule has 41 heavy (non-hydrogen) atoms. The SMILES string of the molecule is CCCCCCCCCCCCSC(C)C1OCC2(CO1)COC(C(C)SCCCCCCCCCCCC)OC2. The highest BCUT2D eigenvalue weighted by Gasteiger charge is 2.43. The van der Waals surface area contributed by atoms with Crippen molar-refractivity contribution in [3.63, 3.8) is 0 Å². The van der Waals surface area contributed by atoms with Gasteiger partial charge in [-0.15, -0.1) is 0 Å². The van der Waals surface area contributed by atoms with Crippen LogP contribution in [-0.2, 0) is 18.9 Å². The Balaban J connectivity index is 1.43. The van der Waals surface area contributed by atoms with Crippen molar-refractivity contribution in [1.29, 1.82) is 0 Å². The maximum Gasteiger partial charge on any atom is 0.169 e. The van der Waals surface area contributed by atoms with Gasteiger partial charge >= 0.3 is 0 Å². The van der Waals surface area contributed by atoms with Crippen molar-refractivity contribution in [3.8, 4) is 0 Å². The fraction of sp³-hybridized carbons (Fsp3) is 1.00. The fourth-order valence-corrected chi connectivity index (χ4v) is 7.91. The van der Waals surface area contributed by atoms with Crippen LogP contribution in [0.25, 0.3) is 0 Å². The van der Waals surface area contributed by atoms with Gasteiger partial charge in [-0.1, -0.05) is 129 Å². The molecule has 244 valence electrons. The van der Waals surface area contributed by atoms with E-state index in [0.717, 1.165) is 0 Å². The third kappa shape index (κ3) is 17.6. The van der Waals surface area contributed by atoms with Gasteiger partial charge in [0.2, 0.25) is 0 Å². The summed E-state index contributed by atoms with van der Waals surface area (Å²) >= 11 is 4.00. The number of hydrogen-bond acceptors (Lipinski definition) is 6. The van der Waals surface area contributed by atoms with Crippen molar-refractivity contribution < 1.29 is 18.9 Å². The Bertz CT molecular complexity index is 523. The maximum absolute atomic E-state index is 6.21. The highest BCUT2D eigenvalue weighted by Crippen LogP contribution is 2.35. The van der Waals surface area contributed by atoms with Crippen LogP contribution in [0.5, 0.6) is 0 Å². The molecule has 2 fully saturated rings. The van der Waals surface area contributed by atoms with Crippen LogP contribution in [-0.4, -0.2) is 61.0 Å². The lowest BCUT2D eigenvalue weighted by Gasteiger charge is -2.45. The molecule has 0 bridgehead atoms. The van der Waals surface area contributed by atoms with Crippen molar-refractivity contribution in [2.24, 2.45) is 5.41 Å². The summed E-state index contributed by atoms with van der Waals surface area (Å²) in [7, 11) is 0. The van der Waals surface area contributed by atoms with Gasteiger partial charge in [0.15, 0.2) is 12.6 Å². The molecule has 1 spiro atoms. The minimum Gasteiger partial charge on any atom is -0.351 e. The molecule has 0 amide bonds. The molecule has 2 heterocycles. The minimum absolute atomic E-state index is 0.109. The first-order chi connectivity index (χ1) is 20.1. The van der Waals surface area contributed by atoms with E-state index in [1.54, 1.807) is 0 Å². The van der Waals surface area contributed by atoms with E-state index in [9.17, 15) is 0 Å². The molecule has 2 atom stereocenters. The van der Waals surface area contributed by atoms with Crippen LogP contribution >= 0.6 is 23.5 Å². The van der Waals surface area contributed by atoms with E-state index in [2.05, 4.69) is 27.7 Å². The van der Waals surface area contributed by atoms with Crippen LogP contribution < -0.4 is 0 Å². The Hall–Kier alpha value is 0.540. The van der Waals surface area contributed by atoms with Gasteiger partial charge in [0, 0.05) is 0 Å². The van der Waals surface area contributed by atoms with Gasteiger partial charge in [0.25, 0.3) is 0 Å².